The predicted molar refractivity (Wildman–Crippen MR) is 105 cm³/mol. The molecule has 3 nitrogen and oxygen atoms in total. The van der Waals surface area contributed by atoms with Crippen molar-refractivity contribution < 1.29 is 14.3 Å². The molecule has 0 atom stereocenters. The van der Waals surface area contributed by atoms with Crippen LogP contribution in [0.1, 0.15) is 116 Å². The first kappa shape index (κ1) is 23.9. The lowest BCUT2D eigenvalue weighted by atomic mass is 10.0. The molecule has 0 rings (SSSR count). The van der Waals surface area contributed by atoms with E-state index >= 15 is 0 Å². The van der Waals surface area contributed by atoms with Gasteiger partial charge in [0, 0.05) is 6.42 Å². The third kappa shape index (κ3) is 19.1. The molecule has 0 aliphatic rings. The van der Waals surface area contributed by atoms with E-state index in [4.69, 9.17) is 0 Å². The molecule has 0 aromatic heterocycles. The first-order valence-corrected chi connectivity index (χ1v) is 10.5. The number of ketones is 1. The fraction of sp³-hybridized carbons (Fsp3) is 0.818. The summed E-state index contributed by atoms with van der Waals surface area (Å²) >= 11 is 0. The summed E-state index contributed by atoms with van der Waals surface area (Å²) < 4.78 is 4.55. The van der Waals surface area contributed by atoms with Crippen LogP contribution in [0.25, 0.3) is 0 Å². The van der Waals surface area contributed by atoms with Crippen LogP contribution in [-0.2, 0) is 14.3 Å². The molecule has 0 fully saturated rings. The fourth-order valence-electron chi connectivity index (χ4n) is 3.08. The highest BCUT2D eigenvalue weighted by Crippen LogP contribution is 2.13. The fourth-order valence-corrected chi connectivity index (χ4v) is 3.08. The lowest BCUT2D eigenvalue weighted by molar-refractivity contribution is -0.141. The van der Waals surface area contributed by atoms with Gasteiger partial charge in [0.2, 0.25) is 0 Å². The van der Waals surface area contributed by atoms with Crippen molar-refractivity contribution in [1.82, 2.24) is 0 Å². The van der Waals surface area contributed by atoms with E-state index in [-0.39, 0.29) is 12.2 Å². The molecule has 0 radical (unpaired) electrons. The molecular weight excluding hydrogens is 312 g/mol. The van der Waals surface area contributed by atoms with Crippen molar-refractivity contribution in [2.45, 2.75) is 116 Å². The van der Waals surface area contributed by atoms with E-state index < -0.39 is 5.97 Å². The third-order valence-electron chi connectivity index (χ3n) is 4.62. The average molecular weight is 353 g/mol. The maximum atomic E-state index is 11.5. The van der Waals surface area contributed by atoms with Gasteiger partial charge in [0.25, 0.3) is 0 Å². The Kier molecular flexibility index (Phi) is 18.3. The summed E-state index contributed by atoms with van der Waals surface area (Å²) in [6.07, 6.45) is 21.1. The van der Waals surface area contributed by atoms with E-state index in [2.05, 4.69) is 18.2 Å². The van der Waals surface area contributed by atoms with Crippen LogP contribution in [0.15, 0.2) is 12.8 Å². The lowest BCUT2D eigenvalue weighted by Crippen LogP contribution is -2.08. The second-order valence-electron chi connectivity index (χ2n) is 7.07. The highest BCUT2D eigenvalue weighted by molar-refractivity contribution is 5.95. The summed E-state index contributed by atoms with van der Waals surface area (Å²) in [5.41, 5.74) is 0. The van der Waals surface area contributed by atoms with Gasteiger partial charge in [-0.1, -0.05) is 103 Å². The molecule has 3 heteroatoms. The molecule has 0 aliphatic heterocycles. The van der Waals surface area contributed by atoms with E-state index in [0.29, 0.717) is 6.42 Å². The third-order valence-corrected chi connectivity index (χ3v) is 4.62. The Morgan fingerprint density at radius 1 is 0.720 bits per heavy atom. The van der Waals surface area contributed by atoms with Crippen molar-refractivity contribution in [2.24, 2.45) is 0 Å². The van der Waals surface area contributed by atoms with Crippen LogP contribution in [0.2, 0.25) is 0 Å². The molecule has 0 unspecified atom stereocenters. The number of hydrogen-bond donors (Lipinski definition) is 0. The summed E-state index contributed by atoms with van der Waals surface area (Å²) in [5, 5.41) is 0. The van der Waals surface area contributed by atoms with Gasteiger partial charge in [-0.2, -0.15) is 0 Å². The van der Waals surface area contributed by atoms with Gasteiger partial charge in [-0.25, -0.2) is 0 Å². The molecule has 25 heavy (non-hydrogen) atoms. The van der Waals surface area contributed by atoms with Gasteiger partial charge in [0.15, 0.2) is 0 Å². The SMILES string of the molecule is C=COC(=O)CC(=O)CCCCCCCCCCCCCCCCC. The van der Waals surface area contributed by atoms with Crippen LogP contribution >= 0.6 is 0 Å². The zero-order valence-corrected chi connectivity index (χ0v) is 16.5. The van der Waals surface area contributed by atoms with E-state index in [1.165, 1.54) is 83.5 Å². The largest absolute Gasteiger partial charge is 0.435 e. The molecule has 0 aromatic rings. The molecule has 0 spiro atoms. The van der Waals surface area contributed by atoms with Crippen LogP contribution in [0.5, 0.6) is 0 Å². The van der Waals surface area contributed by atoms with E-state index in [0.717, 1.165) is 19.1 Å². The van der Waals surface area contributed by atoms with Gasteiger partial charge in [-0.3, -0.25) is 9.59 Å². The second kappa shape index (κ2) is 19.2. The van der Waals surface area contributed by atoms with Crippen LogP contribution in [-0.4, -0.2) is 11.8 Å². The lowest BCUT2D eigenvalue weighted by Gasteiger charge is -2.03. The summed E-state index contributed by atoms with van der Waals surface area (Å²) in [6.45, 7) is 5.57. The maximum Gasteiger partial charge on any atom is 0.318 e. The molecular formula is C22H40O3. The van der Waals surface area contributed by atoms with Gasteiger partial charge in [-0.15, -0.1) is 0 Å². The first-order valence-electron chi connectivity index (χ1n) is 10.5. The molecule has 146 valence electrons. The average Bonchev–Trinajstić information content (AvgIpc) is 2.58. The van der Waals surface area contributed by atoms with Gasteiger partial charge in [0.1, 0.15) is 12.2 Å². The number of rotatable bonds is 19. The Morgan fingerprint density at radius 2 is 1.12 bits per heavy atom. The van der Waals surface area contributed by atoms with Crippen molar-refractivity contribution in [3.05, 3.63) is 12.8 Å². The van der Waals surface area contributed by atoms with E-state index in [1.54, 1.807) is 0 Å². The van der Waals surface area contributed by atoms with Crippen LogP contribution < -0.4 is 0 Å². The van der Waals surface area contributed by atoms with Gasteiger partial charge < -0.3 is 4.74 Å². The maximum absolute atomic E-state index is 11.5. The standard InChI is InChI=1S/C22H40O3/c1-3-5-6-7-8-9-10-11-12-13-14-15-16-17-18-19-21(23)20-22(24)25-4-2/h4H,2-3,5-20H2,1H3. The number of ether oxygens (including phenoxy) is 1. The number of esters is 1. The quantitative estimate of drug-likeness (QED) is 0.110. The Hall–Kier alpha value is -1.12. The second-order valence-corrected chi connectivity index (χ2v) is 7.07. The minimum absolute atomic E-state index is 0.0263. The molecule has 0 bridgehead atoms. The van der Waals surface area contributed by atoms with Crippen molar-refractivity contribution in [1.29, 1.82) is 0 Å². The Bertz CT molecular complexity index is 336. The summed E-state index contributed by atoms with van der Waals surface area (Å²) in [7, 11) is 0. The summed E-state index contributed by atoms with van der Waals surface area (Å²) in [5.74, 6) is -0.525. The normalized spacial score (nSPS) is 10.6. The summed E-state index contributed by atoms with van der Waals surface area (Å²) in [6, 6.07) is 0. The molecule has 0 N–H and O–H groups in total. The zero-order chi connectivity index (χ0) is 18.6. The minimum atomic E-state index is -0.499. The summed E-state index contributed by atoms with van der Waals surface area (Å²) in [4.78, 5) is 22.6. The number of Topliss-reactive ketones (excluding diaryl/α,β-unsaturated/α-hetero) is 1. The van der Waals surface area contributed by atoms with Crippen molar-refractivity contribution in [3.63, 3.8) is 0 Å². The van der Waals surface area contributed by atoms with E-state index in [9.17, 15) is 9.59 Å². The van der Waals surface area contributed by atoms with Crippen molar-refractivity contribution in [2.75, 3.05) is 0 Å². The highest BCUT2D eigenvalue weighted by atomic mass is 16.5. The zero-order valence-electron chi connectivity index (χ0n) is 16.5. The number of carbonyl (C=O) groups is 2. The molecule has 0 saturated heterocycles. The molecule has 0 aromatic carbocycles. The van der Waals surface area contributed by atoms with Crippen LogP contribution in [0.3, 0.4) is 0 Å². The molecule has 0 amide bonds. The predicted octanol–water partition coefficient (Wildman–Crippen LogP) is 6.89. The molecule has 0 heterocycles. The van der Waals surface area contributed by atoms with Crippen LogP contribution in [0, 0.1) is 0 Å². The van der Waals surface area contributed by atoms with Crippen molar-refractivity contribution in [3.8, 4) is 0 Å². The van der Waals surface area contributed by atoms with Gasteiger partial charge in [-0.05, 0) is 6.42 Å². The monoisotopic (exact) mass is 352 g/mol. The van der Waals surface area contributed by atoms with E-state index in [1.807, 2.05) is 0 Å². The van der Waals surface area contributed by atoms with Gasteiger partial charge in [0.05, 0.1) is 6.26 Å². The smallest absolute Gasteiger partial charge is 0.318 e. The Balaban J connectivity index is 3.17. The topological polar surface area (TPSA) is 43.4 Å². The first-order chi connectivity index (χ1) is 12.2. The minimum Gasteiger partial charge on any atom is -0.435 e. The number of hydrogen-bond acceptors (Lipinski definition) is 3. The number of carbonyl (C=O) groups excluding carboxylic acids is 2. The highest BCUT2D eigenvalue weighted by Gasteiger charge is 2.09. The molecule has 0 saturated carbocycles. The Labute approximate surface area is 155 Å². The number of unbranched alkanes of at least 4 members (excludes halogenated alkanes) is 14. The van der Waals surface area contributed by atoms with Gasteiger partial charge >= 0.3 is 5.97 Å². The van der Waals surface area contributed by atoms with Crippen molar-refractivity contribution >= 4 is 11.8 Å². The Morgan fingerprint density at radius 3 is 1.52 bits per heavy atom. The van der Waals surface area contributed by atoms with Crippen LogP contribution in [0.4, 0.5) is 0 Å². The molecule has 0 aliphatic carbocycles.